The zero-order chi connectivity index (χ0) is 24.4. The molecule has 1 aliphatic carbocycles. The van der Waals surface area contributed by atoms with E-state index in [1.54, 1.807) is 43.5 Å². The Balaban J connectivity index is 1.63. The summed E-state index contributed by atoms with van der Waals surface area (Å²) in [5.41, 5.74) is 1.03. The third kappa shape index (κ3) is 4.60. The van der Waals surface area contributed by atoms with Crippen molar-refractivity contribution in [2.75, 3.05) is 7.11 Å². The maximum absolute atomic E-state index is 13.8. The average molecular weight is 480 g/mol. The predicted molar refractivity (Wildman–Crippen MR) is 129 cm³/mol. The van der Waals surface area contributed by atoms with Crippen molar-refractivity contribution in [3.05, 3.63) is 77.7 Å². The topological polar surface area (TPSA) is 49.2 Å². The summed E-state index contributed by atoms with van der Waals surface area (Å²) >= 11 is 0. The Labute approximate surface area is 200 Å². The summed E-state index contributed by atoms with van der Waals surface area (Å²) < 4.78 is 54.7. The van der Waals surface area contributed by atoms with Gasteiger partial charge in [-0.1, -0.05) is 24.3 Å². The van der Waals surface area contributed by atoms with Crippen molar-refractivity contribution in [2.24, 2.45) is 0 Å². The van der Waals surface area contributed by atoms with Crippen molar-refractivity contribution in [1.82, 2.24) is 14.5 Å². The molecule has 8 heteroatoms. The first-order chi connectivity index (χ1) is 17.0. The number of nitrogens with zero attached hydrogens (tertiary/aromatic N) is 3. The van der Waals surface area contributed by atoms with E-state index in [9.17, 15) is 13.2 Å². The highest BCUT2D eigenvalue weighted by atomic mass is 19.4. The fourth-order valence-electron chi connectivity index (χ4n) is 4.46. The molecule has 0 saturated heterocycles. The molecule has 1 aliphatic rings. The largest absolute Gasteiger partial charge is 0.493 e. The molecule has 5 rings (SSSR count). The van der Waals surface area contributed by atoms with Crippen LogP contribution in [0.2, 0.25) is 0 Å². The molecule has 0 unspecified atom stereocenters. The number of benzene rings is 2. The van der Waals surface area contributed by atoms with Crippen molar-refractivity contribution < 1.29 is 22.6 Å². The van der Waals surface area contributed by atoms with Crippen LogP contribution in [0.1, 0.15) is 42.6 Å². The van der Waals surface area contributed by atoms with Crippen molar-refractivity contribution in [1.29, 1.82) is 0 Å². The minimum absolute atomic E-state index is 0.117. The van der Waals surface area contributed by atoms with Gasteiger partial charge in [0, 0.05) is 11.8 Å². The molecule has 2 aromatic carbocycles. The van der Waals surface area contributed by atoms with Gasteiger partial charge in [0.05, 0.1) is 29.8 Å². The number of pyridine rings is 1. The quantitative estimate of drug-likeness (QED) is 0.301. The number of imidazole rings is 1. The third-order valence-corrected chi connectivity index (χ3v) is 6.12. The molecule has 0 N–H and O–H groups in total. The molecule has 0 spiro atoms. The Kier molecular flexibility index (Phi) is 6.19. The van der Waals surface area contributed by atoms with Gasteiger partial charge in [-0.2, -0.15) is 13.2 Å². The molecule has 1 saturated carbocycles. The molecule has 180 valence electrons. The molecule has 2 heterocycles. The Morgan fingerprint density at radius 2 is 1.77 bits per heavy atom. The second kappa shape index (κ2) is 9.44. The fraction of sp³-hybridized carbons (Fsp3) is 0.259. The van der Waals surface area contributed by atoms with Gasteiger partial charge in [-0.25, -0.2) is 9.97 Å². The normalized spacial score (nSPS) is 14.7. The van der Waals surface area contributed by atoms with E-state index in [1.807, 2.05) is 18.2 Å². The molecular weight excluding hydrogens is 455 g/mol. The summed E-state index contributed by atoms with van der Waals surface area (Å²) in [6, 6.07) is 14.9. The van der Waals surface area contributed by atoms with E-state index in [0.29, 0.717) is 28.4 Å². The molecule has 2 aromatic heterocycles. The average Bonchev–Trinajstić information content (AvgIpc) is 3.50. The van der Waals surface area contributed by atoms with E-state index in [2.05, 4.69) is 9.97 Å². The lowest BCUT2D eigenvalue weighted by Crippen LogP contribution is -2.13. The number of fused-ring (bicyclic) bond motifs is 1. The van der Waals surface area contributed by atoms with E-state index < -0.39 is 11.7 Å². The molecule has 0 aliphatic heterocycles. The maximum Gasteiger partial charge on any atom is 0.419 e. The number of alkyl halides is 3. The number of halogens is 3. The number of aromatic nitrogens is 3. The molecule has 0 atom stereocenters. The van der Waals surface area contributed by atoms with Gasteiger partial charge in [0.25, 0.3) is 0 Å². The molecule has 0 bridgehead atoms. The van der Waals surface area contributed by atoms with Crippen LogP contribution in [-0.2, 0) is 6.18 Å². The van der Waals surface area contributed by atoms with Crippen molar-refractivity contribution in [3.8, 4) is 17.3 Å². The maximum atomic E-state index is 13.8. The lowest BCUT2D eigenvalue weighted by Gasteiger charge is -2.18. The Bertz CT molecular complexity index is 1370. The zero-order valence-corrected chi connectivity index (χ0v) is 19.1. The first-order valence-electron chi connectivity index (χ1n) is 11.5. The molecule has 0 radical (unpaired) electrons. The van der Waals surface area contributed by atoms with Crippen LogP contribution in [0.5, 0.6) is 11.5 Å². The van der Waals surface area contributed by atoms with Gasteiger partial charge < -0.3 is 9.47 Å². The van der Waals surface area contributed by atoms with Gasteiger partial charge in [-0.3, -0.25) is 4.57 Å². The summed E-state index contributed by atoms with van der Waals surface area (Å²) in [7, 11) is 1.59. The monoisotopic (exact) mass is 479 g/mol. The highest BCUT2D eigenvalue weighted by Crippen LogP contribution is 2.37. The van der Waals surface area contributed by atoms with Crippen LogP contribution in [0, 0.1) is 0 Å². The van der Waals surface area contributed by atoms with Gasteiger partial charge in [0.2, 0.25) is 0 Å². The summed E-state index contributed by atoms with van der Waals surface area (Å²) in [6.45, 7) is 0. The van der Waals surface area contributed by atoms with E-state index in [4.69, 9.17) is 9.47 Å². The van der Waals surface area contributed by atoms with Gasteiger partial charge in [-0.15, -0.1) is 0 Å². The number of ether oxygens (including phenoxy) is 2. The number of rotatable bonds is 6. The van der Waals surface area contributed by atoms with E-state index in [0.717, 1.165) is 37.3 Å². The lowest BCUT2D eigenvalue weighted by molar-refractivity contribution is -0.137. The second-order valence-electron chi connectivity index (χ2n) is 8.40. The third-order valence-electron chi connectivity index (χ3n) is 6.12. The van der Waals surface area contributed by atoms with Crippen LogP contribution in [-0.4, -0.2) is 27.7 Å². The first kappa shape index (κ1) is 23.0. The van der Waals surface area contributed by atoms with E-state index in [1.165, 1.54) is 16.8 Å². The van der Waals surface area contributed by atoms with Crippen molar-refractivity contribution in [3.63, 3.8) is 0 Å². The van der Waals surface area contributed by atoms with Gasteiger partial charge in [0.15, 0.2) is 17.3 Å². The standard InChI is InChI=1S/C27H24F3N3O2/c1-34-23-14-6-8-18(25(23)35-19-9-2-3-10-19)15-16-24-32-21-12-4-5-13-22(21)33(24)26-20(27(28,29)30)11-7-17-31-26/h4-8,11-17,19H,2-3,9-10H2,1H3/b16-15+. The van der Waals surface area contributed by atoms with Crippen molar-refractivity contribution >= 4 is 23.2 Å². The van der Waals surface area contributed by atoms with Gasteiger partial charge >= 0.3 is 6.18 Å². The number of methoxy groups -OCH3 is 1. The lowest BCUT2D eigenvalue weighted by atomic mass is 10.1. The molecule has 4 aromatic rings. The number of hydrogen-bond acceptors (Lipinski definition) is 4. The highest BCUT2D eigenvalue weighted by Gasteiger charge is 2.35. The van der Waals surface area contributed by atoms with Crippen LogP contribution < -0.4 is 9.47 Å². The smallest absolute Gasteiger partial charge is 0.419 e. The second-order valence-corrected chi connectivity index (χ2v) is 8.40. The summed E-state index contributed by atoms with van der Waals surface area (Å²) in [4.78, 5) is 8.69. The van der Waals surface area contributed by atoms with E-state index >= 15 is 0 Å². The van der Waals surface area contributed by atoms with Crippen LogP contribution in [0.4, 0.5) is 13.2 Å². The van der Waals surface area contributed by atoms with Crippen LogP contribution >= 0.6 is 0 Å². The number of hydrogen-bond donors (Lipinski definition) is 0. The summed E-state index contributed by atoms with van der Waals surface area (Å²) in [6.07, 6.45) is 4.60. The Morgan fingerprint density at radius 3 is 2.54 bits per heavy atom. The van der Waals surface area contributed by atoms with Crippen LogP contribution in [0.15, 0.2) is 60.8 Å². The van der Waals surface area contributed by atoms with Crippen molar-refractivity contribution in [2.45, 2.75) is 38.0 Å². The SMILES string of the molecule is COc1cccc(/C=C/c2nc3ccccc3n2-c2ncccc2C(F)(F)F)c1OC1CCCC1. The zero-order valence-electron chi connectivity index (χ0n) is 19.1. The molecular formula is C27H24F3N3O2. The highest BCUT2D eigenvalue weighted by molar-refractivity contribution is 5.83. The predicted octanol–water partition coefficient (Wildman–Crippen LogP) is 6.94. The minimum Gasteiger partial charge on any atom is -0.493 e. The van der Waals surface area contributed by atoms with Gasteiger partial charge in [-0.05, 0) is 68.2 Å². The molecule has 5 nitrogen and oxygen atoms in total. The van der Waals surface area contributed by atoms with Crippen LogP contribution in [0.3, 0.4) is 0 Å². The number of para-hydroxylation sites is 3. The molecule has 1 fully saturated rings. The minimum atomic E-state index is -4.56. The van der Waals surface area contributed by atoms with Crippen LogP contribution in [0.25, 0.3) is 29.0 Å². The molecule has 0 amide bonds. The van der Waals surface area contributed by atoms with Gasteiger partial charge in [0.1, 0.15) is 5.82 Å². The summed E-state index contributed by atoms with van der Waals surface area (Å²) in [5, 5.41) is 0. The fourth-order valence-corrected chi connectivity index (χ4v) is 4.46. The first-order valence-corrected chi connectivity index (χ1v) is 11.5. The molecule has 35 heavy (non-hydrogen) atoms. The Hall–Kier alpha value is -3.81. The van der Waals surface area contributed by atoms with E-state index in [-0.39, 0.29) is 11.9 Å². The summed E-state index contributed by atoms with van der Waals surface area (Å²) in [5.74, 6) is 1.33. The Morgan fingerprint density at radius 1 is 0.971 bits per heavy atom.